The number of amides is 2. The zero-order valence-corrected chi connectivity index (χ0v) is 16.8. The lowest BCUT2D eigenvalue weighted by molar-refractivity contribution is -0.134. The van der Waals surface area contributed by atoms with E-state index >= 15 is 0 Å². The summed E-state index contributed by atoms with van der Waals surface area (Å²) in [6.07, 6.45) is 0. The van der Waals surface area contributed by atoms with Crippen molar-refractivity contribution in [3.8, 4) is 5.75 Å². The smallest absolute Gasteiger partial charge is 0.255 e. The summed E-state index contributed by atoms with van der Waals surface area (Å²) in [5.41, 5.74) is 1.42. The van der Waals surface area contributed by atoms with Crippen molar-refractivity contribution in [2.45, 2.75) is 12.6 Å². The molecule has 1 aliphatic rings. The molecular formula is C20H21ClN2O3S. The van der Waals surface area contributed by atoms with E-state index in [1.807, 2.05) is 18.2 Å². The first-order valence-electron chi connectivity index (χ1n) is 8.52. The van der Waals surface area contributed by atoms with E-state index in [9.17, 15) is 9.59 Å². The highest BCUT2D eigenvalue weighted by Crippen LogP contribution is 2.27. The molecule has 0 unspecified atom stereocenters. The Morgan fingerprint density at radius 1 is 1.26 bits per heavy atom. The Hall–Kier alpha value is -2.18. The molecule has 2 aromatic rings. The maximum absolute atomic E-state index is 13.0. The van der Waals surface area contributed by atoms with Crippen molar-refractivity contribution in [3.63, 3.8) is 0 Å². The minimum Gasteiger partial charge on any atom is -0.496 e. The summed E-state index contributed by atoms with van der Waals surface area (Å²) in [7, 11) is 3.32. The maximum Gasteiger partial charge on any atom is 0.255 e. The normalized spacial score (nSPS) is 16.3. The summed E-state index contributed by atoms with van der Waals surface area (Å²) < 4.78 is 5.36. The Labute approximate surface area is 168 Å². The number of nitrogens with zero attached hydrogens (tertiary/aromatic N) is 2. The number of hydrogen-bond donors (Lipinski definition) is 0. The van der Waals surface area contributed by atoms with Gasteiger partial charge in [0, 0.05) is 35.5 Å². The molecule has 1 heterocycles. The number of methoxy groups -OCH3 is 1. The molecule has 1 aliphatic heterocycles. The molecule has 2 aromatic carbocycles. The van der Waals surface area contributed by atoms with Crippen molar-refractivity contribution in [1.82, 2.24) is 9.80 Å². The van der Waals surface area contributed by atoms with Gasteiger partial charge in [0.15, 0.2) is 0 Å². The number of thioether (sulfide) groups is 1. The van der Waals surface area contributed by atoms with Crippen molar-refractivity contribution >= 4 is 35.2 Å². The molecule has 0 spiro atoms. The van der Waals surface area contributed by atoms with Gasteiger partial charge < -0.3 is 14.5 Å². The Bertz CT molecular complexity index is 831. The van der Waals surface area contributed by atoms with E-state index in [1.165, 1.54) is 0 Å². The second-order valence-electron chi connectivity index (χ2n) is 6.31. The molecule has 2 amide bonds. The average molecular weight is 405 g/mol. The van der Waals surface area contributed by atoms with Gasteiger partial charge in [0.1, 0.15) is 11.8 Å². The third-order valence-corrected chi connectivity index (χ3v) is 5.72. The van der Waals surface area contributed by atoms with Gasteiger partial charge in [-0.3, -0.25) is 9.59 Å². The second-order valence-corrected chi connectivity index (χ2v) is 7.74. The third-order valence-electron chi connectivity index (χ3n) is 4.48. The summed E-state index contributed by atoms with van der Waals surface area (Å²) in [6, 6.07) is 13.9. The number of carbonyl (C=O) groups is 2. The van der Waals surface area contributed by atoms with Crippen LogP contribution in [0.5, 0.6) is 5.75 Å². The standard InChI is InChI=1S/C20H21ClN2O3S/c1-22(11-15-10-16(21)8-9-18(15)26-2)20(25)17-12-27-13-23(17)19(24)14-6-4-3-5-7-14/h3-10,17H,11-13H2,1-2H3/t17-/m0/s1. The van der Waals surface area contributed by atoms with Crippen molar-refractivity contribution in [2.24, 2.45) is 0 Å². The number of halogens is 1. The van der Waals surface area contributed by atoms with Crippen LogP contribution in [0.25, 0.3) is 0 Å². The molecule has 5 nitrogen and oxygen atoms in total. The molecule has 1 atom stereocenters. The van der Waals surface area contributed by atoms with Gasteiger partial charge in [-0.05, 0) is 30.3 Å². The Morgan fingerprint density at radius 3 is 2.70 bits per heavy atom. The fourth-order valence-electron chi connectivity index (χ4n) is 3.05. The summed E-state index contributed by atoms with van der Waals surface area (Å²) >= 11 is 7.67. The van der Waals surface area contributed by atoms with E-state index in [-0.39, 0.29) is 11.8 Å². The zero-order chi connectivity index (χ0) is 19.4. The number of hydrogen-bond acceptors (Lipinski definition) is 4. The highest BCUT2D eigenvalue weighted by molar-refractivity contribution is 7.99. The highest BCUT2D eigenvalue weighted by Gasteiger charge is 2.36. The van der Waals surface area contributed by atoms with Crippen molar-refractivity contribution in [1.29, 1.82) is 0 Å². The van der Waals surface area contributed by atoms with Crippen molar-refractivity contribution < 1.29 is 14.3 Å². The Morgan fingerprint density at radius 2 is 2.00 bits per heavy atom. The zero-order valence-electron chi connectivity index (χ0n) is 15.2. The van der Waals surface area contributed by atoms with E-state index in [1.54, 1.807) is 66.1 Å². The fourth-order valence-corrected chi connectivity index (χ4v) is 4.39. The molecule has 0 N–H and O–H groups in total. The van der Waals surface area contributed by atoms with Crippen LogP contribution in [0.3, 0.4) is 0 Å². The lowest BCUT2D eigenvalue weighted by Gasteiger charge is -2.28. The first-order valence-corrected chi connectivity index (χ1v) is 10.1. The van der Waals surface area contributed by atoms with E-state index in [2.05, 4.69) is 0 Å². The number of benzene rings is 2. The number of ether oxygens (including phenoxy) is 1. The Balaban J connectivity index is 1.74. The monoisotopic (exact) mass is 404 g/mol. The van der Waals surface area contributed by atoms with Crippen LogP contribution in [0.2, 0.25) is 5.02 Å². The van der Waals surface area contributed by atoms with Crippen LogP contribution >= 0.6 is 23.4 Å². The number of rotatable bonds is 5. The lowest BCUT2D eigenvalue weighted by Crippen LogP contribution is -2.47. The van der Waals surface area contributed by atoms with Crippen LogP contribution in [0.1, 0.15) is 15.9 Å². The maximum atomic E-state index is 13.0. The van der Waals surface area contributed by atoms with Gasteiger partial charge in [-0.2, -0.15) is 0 Å². The number of carbonyl (C=O) groups excluding carboxylic acids is 2. The number of likely N-dealkylation sites (N-methyl/N-ethyl adjacent to an activating group) is 1. The van der Waals surface area contributed by atoms with Crippen LogP contribution in [0.15, 0.2) is 48.5 Å². The molecule has 7 heteroatoms. The summed E-state index contributed by atoms with van der Waals surface area (Å²) in [5.74, 6) is 1.57. The molecular weight excluding hydrogens is 384 g/mol. The Kier molecular flexibility index (Phi) is 6.29. The molecule has 3 rings (SSSR count). The van der Waals surface area contributed by atoms with Crippen LogP contribution in [-0.2, 0) is 11.3 Å². The lowest BCUT2D eigenvalue weighted by atomic mass is 10.1. The molecule has 142 valence electrons. The predicted octanol–water partition coefficient (Wildman–Crippen LogP) is 3.52. The quantitative estimate of drug-likeness (QED) is 0.765. The van der Waals surface area contributed by atoms with Gasteiger partial charge in [-0.25, -0.2) is 0 Å². The molecule has 0 aromatic heterocycles. The van der Waals surface area contributed by atoms with Gasteiger partial charge in [0.25, 0.3) is 5.91 Å². The molecule has 1 saturated heterocycles. The second kappa shape index (κ2) is 8.67. The van der Waals surface area contributed by atoms with Gasteiger partial charge in [-0.15, -0.1) is 11.8 Å². The molecule has 1 fully saturated rings. The average Bonchev–Trinajstić information content (AvgIpc) is 3.17. The first kappa shape index (κ1) is 19.6. The van der Waals surface area contributed by atoms with Crippen LogP contribution in [0.4, 0.5) is 0 Å². The van der Waals surface area contributed by atoms with Crippen molar-refractivity contribution in [3.05, 3.63) is 64.7 Å². The van der Waals surface area contributed by atoms with Gasteiger partial charge in [0.05, 0.1) is 13.0 Å². The minimum atomic E-state index is -0.474. The summed E-state index contributed by atoms with van der Waals surface area (Å²) in [6.45, 7) is 0.358. The summed E-state index contributed by atoms with van der Waals surface area (Å²) in [4.78, 5) is 29.1. The largest absolute Gasteiger partial charge is 0.496 e. The van der Waals surface area contributed by atoms with Gasteiger partial charge >= 0.3 is 0 Å². The van der Waals surface area contributed by atoms with Gasteiger partial charge in [0.2, 0.25) is 5.91 Å². The van der Waals surface area contributed by atoms with Crippen LogP contribution < -0.4 is 4.74 Å². The van der Waals surface area contributed by atoms with E-state index < -0.39 is 6.04 Å². The third kappa shape index (κ3) is 4.39. The fraction of sp³-hybridized carbons (Fsp3) is 0.300. The van der Waals surface area contributed by atoms with Gasteiger partial charge in [-0.1, -0.05) is 29.8 Å². The van der Waals surface area contributed by atoms with E-state index in [0.717, 1.165) is 5.56 Å². The molecule has 0 saturated carbocycles. The SMILES string of the molecule is COc1ccc(Cl)cc1CN(C)C(=O)[C@@H]1CSCN1C(=O)c1ccccc1. The topological polar surface area (TPSA) is 49.9 Å². The van der Waals surface area contributed by atoms with E-state index in [4.69, 9.17) is 16.3 Å². The minimum absolute atomic E-state index is 0.0914. The van der Waals surface area contributed by atoms with Crippen molar-refractivity contribution in [2.75, 3.05) is 25.8 Å². The predicted molar refractivity (Wildman–Crippen MR) is 108 cm³/mol. The highest BCUT2D eigenvalue weighted by atomic mass is 35.5. The molecule has 0 radical (unpaired) electrons. The van der Waals surface area contributed by atoms with E-state index in [0.29, 0.717) is 34.5 Å². The molecule has 27 heavy (non-hydrogen) atoms. The van der Waals surface area contributed by atoms with Crippen LogP contribution in [0, 0.1) is 0 Å². The molecule has 0 bridgehead atoms. The van der Waals surface area contributed by atoms with Crippen LogP contribution in [-0.4, -0.2) is 53.4 Å². The first-order chi connectivity index (χ1) is 13.0. The molecule has 0 aliphatic carbocycles. The summed E-state index contributed by atoms with van der Waals surface area (Å²) in [5, 5.41) is 0.587.